The molecule has 1 fully saturated rings. The fourth-order valence-electron chi connectivity index (χ4n) is 2.61. The van der Waals surface area contributed by atoms with E-state index in [-0.39, 0.29) is 11.2 Å². The van der Waals surface area contributed by atoms with Gasteiger partial charge < -0.3 is 10.2 Å². The minimum atomic E-state index is -4.49. The first-order valence-electron chi connectivity index (χ1n) is 7.56. The summed E-state index contributed by atoms with van der Waals surface area (Å²) in [5.74, 6) is 0. The maximum absolute atomic E-state index is 13.0. The van der Waals surface area contributed by atoms with Gasteiger partial charge in [-0.2, -0.15) is 13.2 Å². The van der Waals surface area contributed by atoms with E-state index in [1.165, 1.54) is 18.2 Å². The zero-order valence-corrected chi connectivity index (χ0v) is 13.6. The smallest absolute Gasteiger partial charge is 0.322 e. The summed E-state index contributed by atoms with van der Waals surface area (Å²) >= 11 is 0. The molecule has 0 aliphatic carbocycles. The molecule has 0 bridgehead atoms. The topological polar surface area (TPSA) is 35.6 Å². The molecule has 7 heteroatoms. The van der Waals surface area contributed by atoms with E-state index in [1.807, 2.05) is 0 Å². The van der Waals surface area contributed by atoms with Crippen LogP contribution in [0.4, 0.5) is 23.7 Å². The minimum absolute atomic E-state index is 0.0193. The summed E-state index contributed by atoms with van der Waals surface area (Å²) in [4.78, 5) is 16.0. The van der Waals surface area contributed by atoms with Crippen LogP contribution in [0.25, 0.3) is 0 Å². The molecular formula is C16H22F3N3O. The molecule has 0 atom stereocenters. The van der Waals surface area contributed by atoms with E-state index in [1.54, 1.807) is 4.90 Å². The van der Waals surface area contributed by atoms with Gasteiger partial charge in [0, 0.05) is 31.7 Å². The van der Waals surface area contributed by atoms with E-state index in [4.69, 9.17) is 0 Å². The second-order valence-corrected chi connectivity index (χ2v) is 6.62. The molecule has 0 radical (unpaired) electrons. The Balaban J connectivity index is 2.02. The Morgan fingerprint density at radius 2 is 1.61 bits per heavy atom. The number of alkyl halides is 3. The van der Waals surface area contributed by atoms with Crippen molar-refractivity contribution in [3.63, 3.8) is 0 Å². The molecule has 2 rings (SSSR count). The van der Waals surface area contributed by atoms with Crippen LogP contribution in [0.3, 0.4) is 0 Å². The van der Waals surface area contributed by atoms with Gasteiger partial charge in [0.15, 0.2) is 0 Å². The van der Waals surface area contributed by atoms with Gasteiger partial charge in [0.1, 0.15) is 0 Å². The van der Waals surface area contributed by atoms with E-state index in [0.29, 0.717) is 26.2 Å². The predicted octanol–water partition coefficient (Wildman–Crippen LogP) is 3.65. The Labute approximate surface area is 134 Å². The highest BCUT2D eigenvalue weighted by molar-refractivity contribution is 5.90. The third-order valence-corrected chi connectivity index (χ3v) is 3.99. The van der Waals surface area contributed by atoms with Crippen LogP contribution in [0.15, 0.2) is 24.3 Å². The molecule has 1 aromatic carbocycles. The number of carbonyl (C=O) groups is 1. The Hall–Kier alpha value is -1.76. The summed E-state index contributed by atoms with van der Waals surface area (Å²) in [7, 11) is 0. The third-order valence-electron chi connectivity index (χ3n) is 3.99. The number of amides is 2. The fraction of sp³-hybridized carbons (Fsp3) is 0.562. The number of piperazine rings is 1. The van der Waals surface area contributed by atoms with Gasteiger partial charge in [-0.1, -0.05) is 12.1 Å². The normalized spacial score (nSPS) is 17.2. The lowest BCUT2D eigenvalue weighted by Crippen LogP contribution is -2.55. The van der Waals surface area contributed by atoms with Crippen LogP contribution in [0.5, 0.6) is 0 Å². The van der Waals surface area contributed by atoms with Gasteiger partial charge >= 0.3 is 12.2 Å². The Bertz CT molecular complexity index is 558. The standard InChI is InChI=1S/C16H22F3N3O/c1-15(2,3)22-10-8-21(9-11-22)14(23)20-13-7-5-4-6-12(13)16(17,18)19/h4-7H,8-11H2,1-3H3,(H,20,23). The maximum atomic E-state index is 13.0. The number of carbonyl (C=O) groups excluding carboxylic acids is 1. The molecular weight excluding hydrogens is 307 g/mol. The van der Waals surface area contributed by atoms with E-state index in [2.05, 4.69) is 31.0 Å². The lowest BCUT2D eigenvalue weighted by Gasteiger charge is -2.42. The number of para-hydroxylation sites is 1. The first-order chi connectivity index (χ1) is 10.6. The Kier molecular flexibility index (Phi) is 4.89. The van der Waals surface area contributed by atoms with Gasteiger partial charge in [-0.15, -0.1) is 0 Å². The van der Waals surface area contributed by atoms with Crippen LogP contribution in [-0.4, -0.2) is 47.5 Å². The zero-order valence-electron chi connectivity index (χ0n) is 13.6. The highest BCUT2D eigenvalue weighted by Crippen LogP contribution is 2.34. The van der Waals surface area contributed by atoms with Crippen molar-refractivity contribution in [1.82, 2.24) is 9.80 Å². The molecule has 1 aliphatic heterocycles. The number of rotatable bonds is 1. The number of halogens is 3. The van der Waals surface area contributed by atoms with E-state index in [0.717, 1.165) is 6.07 Å². The maximum Gasteiger partial charge on any atom is 0.418 e. The van der Waals surface area contributed by atoms with Crippen molar-refractivity contribution in [1.29, 1.82) is 0 Å². The summed E-state index contributed by atoms with van der Waals surface area (Å²) in [6.45, 7) is 8.71. The van der Waals surface area contributed by atoms with Crippen molar-refractivity contribution >= 4 is 11.7 Å². The second kappa shape index (κ2) is 6.39. The highest BCUT2D eigenvalue weighted by Gasteiger charge is 2.34. The first-order valence-corrected chi connectivity index (χ1v) is 7.56. The number of hydrogen-bond acceptors (Lipinski definition) is 2. The third kappa shape index (κ3) is 4.37. The summed E-state index contributed by atoms with van der Waals surface area (Å²) < 4.78 is 38.9. The van der Waals surface area contributed by atoms with Crippen LogP contribution in [0, 0.1) is 0 Å². The lowest BCUT2D eigenvalue weighted by molar-refractivity contribution is -0.136. The first kappa shape index (κ1) is 17.6. The zero-order chi connectivity index (χ0) is 17.3. The van der Waals surface area contributed by atoms with Gasteiger partial charge in [-0.25, -0.2) is 4.79 Å². The molecule has 23 heavy (non-hydrogen) atoms. The van der Waals surface area contributed by atoms with E-state index >= 15 is 0 Å². The van der Waals surface area contributed by atoms with Gasteiger partial charge in [0.25, 0.3) is 0 Å². The van der Waals surface area contributed by atoms with Gasteiger partial charge in [0.05, 0.1) is 11.3 Å². The van der Waals surface area contributed by atoms with Crippen LogP contribution in [0.1, 0.15) is 26.3 Å². The molecule has 0 spiro atoms. The van der Waals surface area contributed by atoms with Crippen molar-refractivity contribution in [3.05, 3.63) is 29.8 Å². The van der Waals surface area contributed by atoms with Crippen molar-refractivity contribution in [2.45, 2.75) is 32.5 Å². The second-order valence-electron chi connectivity index (χ2n) is 6.62. The summed E-state index contributed by atoms with van der Waals surface area (Å²) in [5, 5.41) is 2.39. The van der Waals surface area contributed by atoms with E-state index < -0.39 is 17.8 Å². The van der Waals surface area contributed by atoms with Crippen molar-refractivity contribution < 1.29 is 18.0 Å². The van der Waals surface area contributed by atoms with Crippen LogP contribution in [0.2, 0.25) is 0 Å². The largest absolute Gasteiger partial charge is 0.418 e. The lowest BCUT2D eigenvalue weighted by atomic mass is 10.1. The van der Waals surface area contributed by atoms with Gasteiger partial charge in [-0.3, -0.25) is 4.90 Å². The van der Waals surface area contributed by atoms with Crippen molar-refractivity contribution in [2.24, 2.45) is 0 Å². The molecule has 0 unspecified atom stereocenters. The highest BCUT2D eigenvalue weighted by atomic mass is 19.4. The van der Waals surface area contributed by atoms with Crippen molar-refractivity contribution in [2.75, 3.05) is 31.5 Å². The molecule has 0 saturated carbocycles. The molecule has 1 aliphatic rings. The molecule has 1 N–H and O–H groups in total. The summed E-state index contributed by atoms with van der Waals surface area (Å²) in [6.07, 6.45) is -4.49. The number of hydrogen-bond donors (Lipinski definition) is 1. The quantitative estimate of drug-likeness (QED) is 0.853. The molecule has 128 valence electrons. The van der Waals surface area contributed by atoms with Gasteiger partial charge in [-0.05, 0) is 32.9 Å². The average Bonchev–Trinajstić information content (AvgIpc) is 2.46. The number of nitrogens with one attached hydrogen (secondary N) is 1. The molecule has 0 aromatic heterocycles. The van der Waals surface area contributed by atoms with Crippen LogP contribution < -0.4 is 5.32 Å². The minimum Gasteiger partial charge on any atom is -0.322 e. The number of benzene rings is 1. The van der Waals surface area contributed by atoms with Crippen molar-refractivity contribution in [3.8, 4) is 0 Å². The van der Waals surface area contributed by atoms with Gasteiger partial charge in [0.2, 0.25) is 0 Å². The summed E-state index contributed by atoms with van der Waals surface area (Å²) in [5.41, 5.74) is -1.02. The SMILES string of the molecule is CC(C)(C)N1CCN(C(=O)Nc2ccccc2C(F)(F)F)CC1. The number of nitrogens with zero attached hydrogens (tertiary/aromatic N) is 2. The Morgan fingerprint density at radius 1 is 1.04 bits per heavy atom. The van der Waals surface area contributed by atoms with Crippen LogP contribution >= 0.6 is 0 Å². The Morgan fingerprint density at radius 3 is 2.13 bits per heavy atom. The predicted molar refractivity (Wildman–Crippen MR) is 83.4 cm³/mol. The average molecular weight is 329 g/mol. The molecule has 1 saturated heterocycles. The fourth-order valence-corrected chi connectivity index (χ4v) is 2.61. The number of urea groups is 1. The molecule has 1 heterocycles. The monoisotopic (exact) mass is 329 g/mol. The molecule has 1 aromatic rings. The molecule has 2 amide bonds. The number of anilines is 1. The molecule has 4 nitrogen and oxygen atoms in total. The summed E-state index contributed by atoms with van der Waals surface area (Å²) in [6, 6.07) is 4.53. The van der Waals surface area contributed by atoms with E-state index in [9.17, 15) is 18.0 Å². The van der Waals surface area contributed by atoms with Crippen LogP contribution in [-0.2, 0) is 6.18 Å².